The average molecular weight is 339 g/mol. The Labute approximate surface area is 145 Å². The van der Waals surface area contributed by atoms with E-state index < -0.39 is 0 Å². The van der Waals surface area contributed by atoms with Crippen molar-refractivity contribution in [2.24, 2.45) is 0 Å². The van der Waals surface area contributed by atoms with Gasteiger partial charge in [0.1, 0.15) is 11.6 Å². The van der Waals surface area contributed by atoms with Gasteiger partial charge < -0.3 is 5.32 Å². The largest absolute Gasteiger partial charge is 0.315 e. The lowest BCUT2D eigenvalue weighted by Gasteiger charge is -2.19. The van der Waals surface area contributed by atoms with Crippen LogP contribution >= 0.6 is 0 Å². The van der Waals surface area contributed by atoms with Crippen LogP contribution < -0.4 is 5.32 Å². The summed E-state index contributed by atoms with van der Waals surface area (Å²) in [5.74, 6) is -0.516. The van der Waals surface area contributed by atoms with Crippen molar-refractivity contribution < 1.29 is 8.78 Å². The highest BCUT2D eigenvalue weighted by Gasteiger charge is 2.14. The molecule has 128 valence electrons. The van der Waals surface area contributed by atoms with Crippen LogP contribution in [-0.2, 0) is 6.42 Å². The fourth-order valence-electron chi connectivity index (χ4n) is 2.74. The lowest BCUT2D eigenvalue weighted by Crippen LogP contribution is -2.25. The van der Waals surface area contributed by atoms with Gasteiger partial charge in [-0.15, -0.1) is 0 Å². The summed E-state index contributed by atoms with van der Waals surface area (Å²) in [5, 5.41) is 3.40. The van der Waals surface area contributed by atoms with E-state index in [2.05, 4.69) is 15.3 Å². The van der Waals surface area contributed by atoms with E-state index in [0.717, 1.165) is 29.8 Å². The standard InChI is InChI=1S/C20H19F2N3/c21-17-5-1-15(2-6-17)20(16-3-7-18(22)8-4-16)14-23-10-9-19-13-24-11-12-25-19/h1-8,11-13,20,23H,9-10,14H2. The highest BCUT2D eigenvalue weighted by molar-refractivity contribution is 5.33. The summed E-state index contributed by atoms with van der Waals surface area (Å²) in [4.78, 5) is 8.29. The summed E-state index contributed by atoms with van der Waals surface area (Å²) in [6.07, 6.45) is 5.84. The second-order valence-corrected chi connectivity index (χ2v) is 5.81. The topological polar surface area (TPSA) is 37.8 Å². The Hall–Kier alpha value is -2.66. The summed E-state index contributed by atoms with van der Waals surface area (Å²) in [6.45, 7) is 1.41. The predicted octanol–water partition coefficient (Wildman–Crippen LogP) is 3.72. The van der Waals surface area contributed by atoms with E-state index in [1.807, 2.05) is 0 Å². The van der Waals surface area contributed by atoms with E-state index in [-0.39, 0.29) is 17.6 Å². The first kappa shape index (κ1) is 17.2. The Bertz CT molecular complexity index is 729. The maximum absolute atomic E-state index is 13.2. The molecule has 5 heteroatoms. The molecule has 0 atom stereocenters. The molecule has 1 N–H and O–H groups in total. The molecule has 1 heterocycles. The third-order valence-electron chi connectivity index (χ3n) is 4.07. The van der Waals surface area contributed by atoms with Gasteiger partial charge in [-0.2, -0.15) is 0 Å². The van der Waals surface area contributed by atoms with Gasteiger partial charge in [-0.3, -0.25) is 9.97 Å². The molecule has 0 aliphatic rings. The number of nitrogens with zero attached hydrogens (tertiary/aromatic N) is 2. The number of hydrogen-bond acceptors (Lipinski definition) is 3. The first-order chi connectivity index (χ1) is 12.2. The molecule has 0 unspecified atom stereocenters. The number of benzene rings is 2. The molecule has 2 aromatic carbocycles. The number of rotatable bonds is 7. The van der Waals surface area contributed by atoms with Gasteiger partial charge in [0, 0.05) is 44.0 Å². The lowest BCUT2D eigenvalue weighted by molar-refractivity contribution is 0.612. The van der Waals surface area contributed by atoms with Crippen LogP contribution in [0.1, 0.15) is 22.7 Å². The van der Waals surface area contributed by atoms with E-state index in [1.54, 1.807) is 42.9 Å². The molecule has 0 saturated heterocycles. The Morgan fingerprint density at radius 2 is 1.44 bits per heavy atom. The summed E-state index contributed by atoms with van der Waals surface area (Å²) in [6, 6.07) is 12.9. The van der Waals surface area contributed by atoms with Gasteiger partial charge in [-0.25, -0.2) is 8.78 Å². The van der Waals surface area contributed by atoms with Crippen molar-refractivity contribution in [3.8, 4) is 0 Å². The molecule has 0 aliphatic heterocycles. The van der Waals surface area contributed by atoms with E-state index in [1.165, 1.54) is 24.3 Å². The Balaban J connectivity index is 1.68. The monoisotopic (exact) mass is 339 g/mol. The Morgan fingerprint density at radius 1 is 0.840 bits per heavy atom. The van der Waals surface area contributed by atoms with Crippen LogP contribution in [0.2, 0.25) is 0 Å². The smallest absolute Gasteiger partial charge is 0.123 e. The minimum absolute atomic E-state index is 0.0167. The lowest BCUT2D eigenvalue weighted by atomic mass is 9.91. The Kier molecular flexibility index (Phi) is 5.80. The zero-order valence-corrected chi connectivity index (χ0v) is 13.7. The molecule has 3 nitrogen and oxygen atoms in total. The third kappa shape index (κ3) is 4.90. The SMILES string of the molecule is Fc1ccc(C(CNCCc2cnccn2)c2ccc(F)cc2)cc1. The molecule has 3 aromatic rings. The molecule has 1 aromatic heterocycles. The normalized spacial score (nSPS) is 11.0. The van der Waals surface area contributed by atoms with Crippen molar-refractivity contribution in [2.45, 2.75) is 12.3 Å². The molecule has 0 radical (unpaired) electrons. The van der Waals surface area contributed by atoms with Gasteiger partial charge in [0.2, 0.25) is 0 Å². The van der Waals surface area contributed by atoms with Crippen LogP contribution in [0.25, 0.3) is 0 Å². The van der Waals surface area contributed by atoms with Crippen LogP contribution in [0, 0.1) is 11.6 Å². The van der Waals surface area contributed by atoms with Gasteiger partial charge in [-0.05, 0) is 35.4 Å². The van der Waals surface area contributed by atoms with Gasteiger partial charge in [0.25, 0.3) is 0 Å². The third-order valence-corrected chi connectivity index (χ3v) is 4.07. The highest BCUT2D eigenvalue weighted by Crippen LogP contribution is 2.24. The maximum atomic E-state index is 13.2. The molecular weight excluding hydrogens is 320 g/mol. The summed E-state index contributed by atoms with van der Waals surface area (Å²) in [5.41, 5.74) is 2.90. The second kappa shape index (κ2) is 8.44. The second-order valence-electron chi connectivity index (χ2n) is 5.81. The molecule has 3 rings (SSSR count). The van der Waals surface area contributed by atoms with Crippen molar-refractivity contribution >= 4 is 0 Å². The number of halogens is 2. The van der Waals surface area contributed by atoms with Crippen LogP contribution in [0.15, 0.2) is 67.1 Å². The predicted molar refractivity (Wildman–Crippen MR) is 93.2 cm³/mol. The van der Waals surface area contributed by atoms with E-state index in [0.29, 0.717) is 6.54 Å². The van der Waals surface area contributed by atoms with Crippen molar-refractivity contribution in [1.82, 2.24) is 15.3 Å². The zero-order chi connectivity index (χ0) is 17.5. The minimum Gasteiger partial charge on any atom is -0.315 e. The van der Waals surface area contributed by atoms with Crippen LogP contribution in [0.3, 0.4) is 0 Å². The van der Waals surface area contributed by atoms with Crippen molar-refractivity contribution in [1.29, 1.82) is 0 Å². The van der Waals surface area contributed by atoms with Gasteiger partial charge in [0.15, 0.2) is 0 Å². The summed E-state index contributed by atoms with van der Waals surface area (Å²) < 4.78 is 26.4. The van der Waals surface area contributed by atoms with E-state index in [4.69, 9.17) is 0 Å². The van der Waals surface area contributed by atoms with Crippen molar-refractivity contribution in [3.05, 3.63) is 95.6 Å². The van der Waals surface area contributed by atoms with Gasteiger partial charge in [0.05, 0.1) is 5.69 Å². The first-order valence-corrected chi connectivity index (χ1v) is 8.19. The van der Waals surface area contributed by atoms with Gasteiger partial charge >= 0.3 is 0 Å². The summed E-state index contributed by atoms with van der Waals surface area (Å²) in [7, 11) is 0. The van der Waals surface area contributed by atoms with Gasteiger partial charge in [-0.1, -0.05) is 24.3 Å². The Morgan fingerprint density at radius 3 is 1.96 bits per heavy atom. The van der Waals surface area contributed by atoms with Crippen LogP contribution in [-0.4, -0.2) is 23.1 Å². The molecule has 0 bridgehead atoms. The molecular formula is C20H19F2N3. The average Bonchev–Trinajstić information content (AvgIpc) is 2.65. The summed E-state index contributed by atoms with van der Waals surface area (Å²) >= 11 is 0. The minimum atomic E-state index is -0.266. The van der Waals surface area contributed by atoms with Crippen LogP contribution in [0.4, 0.5) is 8.78 Å². The quantitative estimate of drug-likeness (QED) is 0.667. The molecule has 0 aliphatic carbocycles. The fourth-order valence-corrected chi connectivity index (χ4v) is 2.74. The van der Waals surface area contributed by atoms with Crippen molar-refractivity contribution in [3.63, 3.8) is 0 Å². The number of nitrogens with one attached hydrogen (secondary N) is 1. The molecule has 0 spiro atoms. The van der Waals surface area contributed by atoms with E-state index >= 15 is 0 Å². The number of hydrogen-bond donors (Lipinski definition) is 1. The maximum Gasteiger partial charge on any atom is 0.123 e. The zero-order valence-electron chi connectivity index (χ0n) is 13.7. The fraction of sp³-hybridized carbons (Fsp3) is 0.200. The van der Waals surface area contributed by atoms with Crippen LogP contribution in [0.5, 0.6) is 0 Å². The first-order valence-electron chi connectivity index (χ1n) is 8.19. The van der Waals surface area contributed by atoms with Crippen molar-refractivity contribution in [2.75, 3.05) is 13.1 Å². The highest BCUT2D eigenvalue weighted by atomic mass is 19.1. The molecule has 25 heavy (non-hydrogen) atoms. The molecule has 0 amide bonds. The molecule has 0 fully saturated rings. The van der Waals surface area contributed by atoms with E-state index in [9.17, 15) is 8.78 Å². The number of aromatic nitrogens is 2. The molecule has 0 saturated carbocycles.